The maximum Gasteiger partial charge on any atom is 0.162 e. The monoisotopic (exact) mass is 189 g/mol. The molecule has 0 spiro atoms. The zero-order chi connectivity index (χ0) is 10.4. The molecule has 0 heterocycles. The van der Waals surface area contributed by atoms with Gasteiger partial charge in [-0.1, -0.05) is 44.5 Å². The normalized spacial score (nSPS) is 10.5. The fraction of sp³-hybridized carbons (Fsp3) is 0.462. The molecular weight excluding hydrogens is 172 g/mol. The number of hydrogen-bond acceptors (Lipinski definition) is 1. The van der Waals surface area contributed by atoms with Crippen LogP contribution in [0.4, 0.5) is 0 Å². The highest BCUT2D eigenvalue weighted by atomic mass is 16.1. The molecule has 1 nitrogen and oxygen atoms in total. The zero-order valence-electron chi connectivity index (χ0n) is 8.92. The van der Waals surface area contributed by atoms with Gasteiger partial charge in [0.15, 0.2) is 5.78 Å². The summed E-state index contributed by atoms with van der Waals surface area (Å²) in [5.41, 5.74) is 0.813. The predicted octanol–water partition coefficient (Wildman–Crippen LogP) is 3.50. The maximum absolute atomic E-state index is 11.6. The van der Waals surface area contributed by atoms with Gasteiger partial charge in [-0.05, 0) is 18.4 Å². The van der Waals surface area contributed by atoms with E-state index in [0.29, 0.717) is 12.3 Å². The number of benzene rings is 1. The smallest absolute Gasteiger partial charge is 0.162 e. The van der Waals surface area contributed by atoms with E-state index in [1.54, 1.807) is 12.1 Å². The third-order valence-corrected chi connectivity index (χ3v) is 2.23. The minimum atomic E-state index is 0.250. The first-order valence-electron chi connectivity index (χ1n) is 5.19. The average Bonchev–Trinajstić information content (AvgIpc) is 2.18. The van der Waals surface area contributed by atoms with E-state index in [0.717, 1.165) is 18.4 Å². The Hall–Kier alpha value is -1.11. The lowest BCUT2D eigenvalue weighted by atomic mass is 10.0. The standard InChI is InChI=1S/C13H17O/c1-11(2)7-6-10-13(14)12-8-4-3-5-9-12/h4-5,8-9,11H,6-7,10H2,1-2H3. The van der Waals surface area contributed by atoms with Gasteiger partial charge in [0.2, 0.25) is 0 Å². The van der Waals surface area contributed by atoms with Crippen LogP contribution in [0.3, 0.4) is 0 Å². The molecule has 0 aromatic heterocycles. The number of ketones is 1. The van der Waals surface area contributed by atoms with Crippen molar-refractivity contribution < 1.29 is 4.79 Å². The molecule has 14 heavy (non-hydrogen) atoms. The van der Waals surface area contributed by atoms with Crippen molar-refractivity contribution in [2.24, 2.45) is 5.92 Å². The van der Waals surface area contributed by atoms with E-state index in [2.05, 4.69) is 19.9 Å². The molecule has 0 aliphatic heterocycles. The second-order valence-electron chi connectivity index (χ2n) is 4.00. The first kappa shape index (κ1) is 11.0. The summed E-state index contributed by atoms with van der Waals surface area (Å²) >= 11 is 0. The third kappa shape index (κ3) is 3.73. The van der Waals surface area contributed by atoms with Gasteiger partial charge in [-0.15, -0.1) is 0 Å². The number of hydrogen-bond donors (Lipinski definition) is 0. The van der Waals surface area contributed by atoms with Gasteiger partial charge in [0.1, 0.15) is 0 Å². The molecule has 0 unspecified atom stereocenters. The molecule has 0 saturated carbocycles. The van der Waals surface area contributed by atoms with Gasteiger partial charge >= 0.3 is 0 Å². The Bertz CT molecular complexity index is 275. The van der Waals surface area contributed by atoms with E-state index in [9.17, 15) is 4.79 Å². The summed E-state index contributed by atoms with van der Waals surface area (Å²) in [6.07, 6.45) is 2.79. The highest BCUT2D eigenvalue weighted by Crippen LogP contribution is 2.10. The van der Waals surface area contributed by atoms with Crippen LogP contribution in [0.2, 0.25) is 0 Å². The molecule has 0 fully saturated rings. The minimum absolute atomic E-state index is 0.250. The van der Waals surface area contributed by atoms with E-state index < -0.39 is 0 Å². The molecule has 1 aromatic carbocycles. The van der Waals surface area contributed by atoms with Gasteiger partial charge < -0.3 is 0 Å². The van der Waals surface area contributed by atoms with Crippen molar-refractivity contribution in [1.82, 2.24) is 0 Å². The molecule has 1 radical (unpaired) electrons. The predicted molar refractivity (Wildman–Crippen MR) is 58.3 cm³/mol. The van der Waals surface area contributed by atoms with Crippen molar-refractivity contribution >= 4 is 5.78 Å². The molecule has 0 saturated heterocycles. The maximum atomic E-state index is 11.6. The number of Topliss-reactive ketones (excluding diaryl/α,β-unsaturated/α-hetero) is 1. The van der Waals surface area contributed by atoms with Crippen molar-refractivity contribution in [1.29, 1.82) is 0 Å². The Morgan fingerprint density at radius 1 is 1.36 bits per heavy atom. The molecule has 0 bridgehead atoms. The highest BCUT2D eigenvalue weighted by molar-refractivity contribution is 5.95. The second-order valence-corrected chi connectivity index (χ2v) is 4.00. The number of carbonyl (C=O) groups is 1. The number of carbonyl (C=O) groups excluding carboxylic acids is 1. The first-order chi connectivity index (χ1) is 6.70. The van der Waals surface area contributed by atoms with Gasteiger partial charge in [0.05, 0.1) is 0 Å². The zero-order valence-corrected chi connectivity index (χ0v) is 8.92. The van der Waals surface area contributed by atoms with Crippen molar-refractivity contribution in [2.75, 3.05) is 0 Å². The summed E-state index contributed by atoms with van der Waals surface area (Å²) < 4.78 is 0. The van der Waals surface area contributed by atoms with Gasteiger partial charge in [-0.3, -0.25) is 4.79 Å². The Kier molecular flexibility index (Phi) is 4.37. The molecule has 0 aliphatic rings. The van der Waals surface area contributed by atoms with Crippen LogP contribution in [0.15, 0.2) is 24.3 Å². The first-order valence-corrected chi connectivity index (χ1v) is 5.19. The fourth-order valence-corrected chi connectivity index (χ4v) is 1.39. The lowest BCUT2D eigenvalue weighted by molar-refractivity contribution is 0.0978. The fourth-order valence-electron chi connectivity index (χ4n) is 1.39. The van der Waals surface area contributed by atoms with Crippen LogP contribution >= 0.6 is 0 Å². The average molecular weight is 189 g/mol. The van der Waals surface area contributed by atoms with Crippen LogP contribution in [0.25, 0.3) is 0 Å². The van der Waals surface area contributed by atoms with Gasteiger partial charge in [-0.2, -0.15) is 0 Å². The molecule has 0 N–H and O–H groups in total. The Balaban J connectivity index is 2.36. The SMILES string of the molecule is CC(C)CCCC(=O)c1cc[c]cc1. The second kappa shape index (κ2) is 5.58. The summed E-state index contributed by atoms with van der Waals surface area (Å²) in [6.45, 7) is 4.36. The van der Waals surface area contributed by atoms with Crippen molar-refractivity contribution in [3.8, 4) is 0 Å². The molecule has 0 amide bonds. The largest absolute Gasteiger partial charge is 0.294 e. The number of rotatable bonds is 5. The Morgan fingerprint density at radius 3 is 2.57 bits per heavy atom. The summed E-state index contributed by atoms with van der Waals surface area (Å²) in [5, 5.41) is 0. The van der Waals surface area contributed by atoms with Gasteiger partial charge in [0, 0.05) is 12.0 Å². The topological polar surface area (TPSA) is 17.1 Å². The lowest BCUT2D eigenvalue weighted by Gasteiger charge is -2.03. The summed E-state index contributed by atoms with van der Waals surface area (Å²) in [4.78, 5) is 11.6. The van der Waals surface area contributed by atoms with E-state index in [1.807, 2.05) is 12.1 Å². The van der Waals surface area contributed by atoms with Crippen molar-refractivity contribution in [3.05, 3.63) is 35.9 Å². The highest BCUT2D eigenvalue weighted by Gasteiger charge is 2.04. The van der Waals surface area contributed by atoms with Gasteiger partial charge in [0.25, 0.3) is 0 Å². The van der Waals surface area contributed by atoms with E-state index in [1.165, 1.54) is 0 Å². The van der Waals surface area contributed by atoms with Crippen molar-refractivity contribution in [2.45, 2.75) is 33.1 Å². The molecule has 1 rings (SSSR count). The van der Waals surface area contributed by atoms with Crippen LogP contribution in [-0.4, -0.2) is 5.78 Å². The molecule has 0 aliphatic carbocycles. The molecule has 0 atom stereocenters. The summed E-state index contributed by atoms with van der Waals surface area (Å²) in [5.74, 6) is 0.937. The minimum Gasteiger partial charge on any atom is -0.294 e. The quantitative estimate of drug-likeness (QED) is 0.648. The molecule has 75 valence electrons. The molecule has 1 aromatic rings. The molecular formula is C13H17O. The van der Waals surface area contributed by atoms with Crippen LogP contribution in [0, 0.1) is 12.0 Å². The van der Waals surface area contributed by atoms with Crippen LogP contribution in [0.1, 0.15) is 43.5 Å². The Labute approximate surface area is 86.1 Å². The lowest BCUT2D eigenvalue weighted by Crippen LogP contribution is -1.99. The van der Waals surface area contributed by atoms with Crippen LogP contribution in [-0.2, 0) is 0 Å². The van der Waals surface area contributed by atoms with Crippen LogP contribution < -0.4 is 0 Å². The Morgan fingerprint density at radius 2 is 2.00 bits per heavy atom. The van der Waals surface area contributed by atoms with E-state index >= 15 is 0 Å². The van der Waals surface area contributed by atoms with Crippen LogP contribution in [0.5, 0.6) is 0 Å². The summed E-state index contributed by atoms with van der Waals surface area (Å²) in [7, 11) is 0. The molecule has 1 heteroatoms. The third-order valence-electron chi connectivity index (χ3n) is 2.23. The van der Waals surface area contributed by atoms with E-state index in [4.69, 9.17) is 0 Å². The van der Waals surface area contributed by atoms with Gasteiger partial charge in [-0.25, -0.2) is 0 Å². The van der Waals surface area contributed by atoms with Crippen molar-refractivity contribution in [3.63, 3.8) is 0 Å². The van der Waals surface area contributed by atoms with E-state index in [-0.39, 0.29) is 5.78 Å². The summed E-state index contributed by atoms with van der Waals surface area (Å²) in [6, 6.07) is 10.1.